The van der Waals surface area contributed by atoms with Crippen molar-refractivity contribution in [2.45, 2.75) is 31.5 Å². The Kier molecular flexibility index (Phi) is 3.43. The first kappa shape index (κ1) is 13.7. The van der Waals surface area contributed by atoms with Gasteiger partial charge in [0.15, 0.2) is 0 Å². The standard InChI is InChI=1S/C13H15F3N2O/c1-8(12(17)19)18-7-6-10(13(14,15)16)9-4-2-3-5-11(9)18/h2-5,8,10H,6-7H2,1H3,(H2,17,19)/t8-,10+/m1/s1. The molecule has 0 radical (unpaired) electrons. The monoisotopic (exact) mass is 272 g/mol. The average molecular weight is 272 g/mol. The lowest BCUT2D eigenvalue weighted by atomic mass is 9.88. The molecule has 0 aromatic heterocycles. The molecule has 1 aromatic rings. The Morgan fingerprint density at radius 2 is 2.05 bits per heavy atom. The van der Waals surface area contributed by atoms with Gasteiger partial charge in [0.1, 0.15) is 6.04 Å². The molecule has 6 heteroatoms. The van der Waals surface area contributed by atoms with E-state index in [2.05, 4.69) is 0 Å². The third kappa shape index (κ3) is 2.52. The minimum atomic E-state index is -4.27. The predicted molar refractivity (Wildman–Crippen MR) is 65.9 cm³/mol. The summed E-state index contributed by atoms with van der Waals surface area (Å²) in [5, 5.41) is 0. The summed E-state index contributed by atoms with van der Waals surface area (Å²) in [6.45, 7) is 1.78. The lowest BCUT2D eigenvalue weighted by molar-refractivity contribution is -0.152. The summed E-state index contributed by atoms with van der Waals surface area (Å²) in [4.78, 5) is 12.9. The van der Waals surface area contributed by atoms with Gasteiger partial charge in [-0.3, -0.25) is 4.79 Å². The van der Waals surface area contributed by atoms with E-state index in [1.54, 1.807) is 30.0 Å². The van der Waals surface area contributed by atoms with Gasteiger partial charge in [0.05, 0.1) is 5.92 Å². The van der Waals surface area contributed by atoms with E-state index in [-0.39, 0.29) is 18.5 Å². The van der Waals surface area contributed by atoms with Gasteiger partial charge in [-0.05, 0) is 25.0 Å². The number of anilines is 1. The van der Waals surface area contributed by atoms with Crippen LogP contribution in [0.1, 0.15) is 24.8 Å². The maximum Gasteiger partial charge on any atom is 0.395 e. The van der Waals surface area contributed by atoms with Crippen molar-refractivity contribution in [1.29, 1.82) is 0 Å². The Bertz CT molecular complexity index is 487. The quantitative estimate of drug-likeness (QED) is 0.898. The van der Waals surface area contributed by atoms with Gasteiger partial charge in [0.25, 0.3) is 0 Å². The summed E-state index contributed by atoms with van der Waals surface area (Å²) in [6.07, 6.45) is -4.32. The van der Waals surface area contributed by atoms with Crippen LogP contribution in [0.15, 0.2) is 24.3 Å². The number of amides is 1. The van der Waals surface area contributed by atoms with Gasteiger partial charge in [-0.15, -0.1) is 0 Å². The number of carbonyl (C=O) groups is 1. The lowest BCUT2D eigenvalue weighted by Gasteiger charge is -2.38. The molecule has 0 unspecified atom stereocenters. The largest absolute Gasteiger partial charge is 0.395 e. The summed E-state index contributed by atoms with van der Waals surface area (Å²) in [5.41, 5.74) is 5.91. The zero-order chi connectivity index (χ0) is 14.2. The van der Waals surface area contributed by atoms with Crippen molar-refractivity contribution in [3.63, 3.8) is 0 Å². The van der Waals surface area contributed by atoms with Crippen molar-refractivity contribution < 1.29 is 18.0 Å². The summed E-state index contributed by atoms with van der Waals surface area (Å²) < 4.78 is 39.0. The van der Waals surface area contributed by atoms with E-state index in [0.29, 0.717) is 5.69 Å². The van der Waals surface area contributed by atoms with E-state index in [4.69, 9.17) is 5.73 Å². The number of rotatable bonds is 2. The third-order valence-corrected chi connectivity index (χ3v) is 3.55. The second-order valence-electron chi connectivity index (χ2n) is 4.71. The van der Waals surface area contributed by atoms with E-state index >= 15 is 0 Å². The van der Waals surface area contributed by atoms with Gasteiger partial charge < -0.3 is 10.6 Å². The third-order valence-electron chi connectivity index (χ3n) is 3.55. The van der Waals surface area contributed by atoms with Crippen LogP contribution in [0.25, 0.3) is 0 Å². The number of primary amides is 1. The van der Waals surface area contributed by atoms with Crippen LogP contribution in [0.3, 0.4) is 0 Å². The number of carbonyl (C=O) groups excluding carboxylic acids is 1. The van der Waals surface area contributed by atoms with Gasteiger partial charge in [-0.1, -0.05) is 18.2 Å². The van der Waals surface area contributed by atoms with Crippen LogP contribution in [0.5, 0.6) is 0 Å². The number of benzene rings is 1. The topological polar surface area (TPSA) is 46.3 Å². The first-order chi connectivity index (χ1) is 8.82. The molecule has 0 saturated carbocycles. The minimum absolute atomic E-state index is 0.0574. The summed E-state index contributed by atoms with van der Waals surface area (Å²) >= 11 is 0. The first-order valence-electron chi connectivity index (χ1n) is 6.04. The highest BCUT2D eigenvalue weighted by atomic mass is 19.4. The number of halogens is 3. The van der Waals surface area contributed by atoms with Crippen LogP contribution in [0.4, 0.5) is 18.9 Å². The molecule has 1 amide bonds. The van der Waals surface area contributed by atoms with E-state index in [1.807, 2.05) is 0 Å². The SMILES string of the molecule is C[C@H](C(N)=O)N1CC[C@H](C(F)(F)F)c2ccccc21. The van der Waals surface area contributed by atoms with Crippen molar-refractivity contribution >= 4 is 11.6 Å². The fourth-order valence-electron chi connectivity index (χ4n) is 2.48. The predicted octanol–water partition coefficient (Wildman–Crippen LogP) is 2.42. The molecule has 0 bridgehead atoms. The van der Waals surface area contributed by atoms with Gasteiger partial charge in [0, 0.05) is 12.2 Å². The Hall–Kier alpha value is -1.72. The molecule has 19 heavy (non-hydrogen) atoms. The number of hydrogen-bond donors (Lipinski definition) is 1. The zero-order valence-corrected chi connectivity index (χ0v) is 10.4. The van der Waals surface area contributed by atoms with Gasteiger partial charge in [0.2, 0.25) is 5.91 Å². The molecule has 2 atom stereocenters. The molecular formula is C13H15F3N2O. The molecule has 1 aromatic carbocycles. The summed E-state index contributed by atoms with van der Waals surface area (Å²) in [7, 11) is 0. The van der Waals surface area contributed by atoms with Crippen LogP contribution < -0.4 is 10.6 Å². The summed E-state index contributed by atoms with van der Waals surface area (Å²) in [5.74, 6) is -2.01. The van der Waals surface area contributed by atoms with Crippen molar-refractivity contribution in [1.82, 2.24) is 0 Å². The normalized spacial score (nSPS) is 20.8. The molecule has 0 fully saturated rings. The summed E-state index contributed by atoms with van der Waals surface area (Å²) in [6, 6.07) is 5.70. The molecule has 1 aliphatic heterocycles. The van der Waals surface area contributed by atoms with Crippen molar-refractivity contribution in [3.8, 4) is 0 Å². The molecule has 2 rings (SSSR count). The van der Waals surface area contributed by atoms with Crippen LogP contribution in [-0.4, -0.2) is 24.7 Å². The highest BCUT2D eigenvalue weighted by Gasteiger charge is 2.44. The van der Waals surface area contributed by atoms with Gasteiger partial charge in [-0.25, -0.2) is 0 Å². The number of para-hydroxylation sites is 1. The molecular weight excluding hydrogens is 257 g/mol. The Morgan fingerprint density at radius 3 is 2.63 bits per heavy atom. The van der Waals surface area contributed by atoms with Crippen molar-refractivity contribution in [2.75, 3.05) is 11.4 Å². The lowest BCUT2D eigenvalue weighted by Crippen LogP contribution is -2.47. The first-order valence-corrected chi connectivity index (χ1v) is 6.04. The molecule has 3 nitrogen and oxygen atoms in total. The molecule has 0 spiro atoms. The second-order valence-corrected chi connectivity index (χ2v) is 4.71. The van der Waals surface area contributed by atoms with Crippen LogP contribution >= 0.6 is 0 Å². The second kappa shape index (κ2) is 4.75. The highest BCUT2D eigenvalue weighted by molar-refractivity contribution is 5.83. The fraction of sp³-hybridized carbons (Fsp3) is 0.462. The number of nitrogens with zero attached hydrogens (tertiary/aromatic N) is 1. The number of nitrogens with two attached hydrogens (primary N) is 1. The molecule has 1 aliphatic rings. The van der Waals surface area contributed by atoms with Gasteiger partial charge in [-0.2, -0.15) is 13.2 Å². The molecule has 104 valence electrons. The Morgan fingerprint density at radius 1 is 1.42 bits per heavy atom. The molecule has 1 heterocycles. The van der Waals surface area contributed by atoms with Crippen molar-refractivity contribution in [3.05, 3.63) is 29.8 Å². The Labute approximate surface area is 109 Å². The smallest absolute Gasteiger partial charge is 0.368 e. The number of hydrogen-bond acceptors (Lipinski definition) is 2. The number of fused-ring (bicyclic) bond motifs is 1. The van der Waals surface area contributed by atoms with Crippen LogP contribution in [0.2, 0.25) is 0 Å². The van der Waals surface area contributed by atoms with Gasteiger partial charge >= 0.3 is 6.18 Å². The van der Waals surface area contributed by atoms with Crippen LogP contribution in [-0.2, 0) is 4.79 Å². The van der Waals surface area contributed by atoms with E-state index < -0.39 is 24.0 Å². The van der Waals surface area contributed by atoms with Crippen molar-refractivity contribution in [2.24, 2.45) is 5.73 Å². The molecule has 0 aliphatic carbocycles. The molecule has 2 N–H and O–H groups in total. The average Bonchev–Trinajstić information content (AvgIpc) is 2.35. The highest BCUT2D eigenvalue weighted by Crippen LogP contribution is 2.45. The van der Waals surface area contributed by atoms with Crippen LogP contribution in [0, 0.1) is 0 Å². The zero-order valence-electron chi connectivity index (χ0n) is 10.4. The van der Waals surface area contributed by atoms with E-state index in [1.165, 1.54) is 6.07 Å². The fourth-order valence-corrected chi connectivity index (χ4v) is 2.48. The number of alkyl halides is 3. The maximum absolute atomic E-state index is 13.0. The Balaban J connectivity index is 2.43. The van der Waals surface area contributed by atoms with E-state index in [0.717, 1.165) is 0 Å². The molecule has 0 saturated heterocycles. The van der Waals surface area contributed by atoms with E-state index in [9.17, 15) is 18.0 Å². The maximum atomic E-state index is 13.0. The minimum Gasteiger partial charge on any atom is -0.368 e.